The fraction of sp³-hybridized carbons (Fsp3) is 0.500. The molecule has 2 heterocycles. The number of carbonyl (C=O) groups excluding carboxylic acids is 3. The Morgan fingerprint density at radius 2 is 1.83 bits per heavy atom. The van der Waals surface area contributed by atoms with Crippen molar-refractivity contribution >= 4 is 75.5 Å². The van der Waals surface area contributed by atoms with E-state index >= 15 is 0 Å². The topological polar surface area (TPSA) is 141 Å². The van der Waals surface area contributed by atoms with Gasteiger partial charge in [0.15, 0.2) is 0 Å². The second kappa shape index (κ2) is 16.5. The number of anilines is 4. The van der Waals surface area contributed by atoms with Gasteiger partial charge in [-0.25, -0.2) is 9.97 Å². The van der Waals surface area contributed by atoms with E-state index in [0.29, 0.717) is 52.6 Å². The van der Waals surface area contributed by atoms with Crippen molar-refractivity contribution < 1.29 is 19.1 Å². The molecular weight excluding hydrogens is 655 g/mol. The number of hydrogen-bond donors (Lipinski definition) is 4. The fourth-order valence-electron chi connectivity index (χ4n) is 5.72. The number of carbonyl (C=O) groups is 3. The standard InChI is InChI=1S/C34H47ClN8O4.ClH/c1-9-42(10-2)26-14-13-21(16-23(26)35)39-30-22-17-25(28(47-8)18-24(22)37-19-38-30)40-32(45)27-12-11-15-43(27)33(46)29(34(4,5)6)41-31(44)20(3)36-7;/h13-14,16-20,27,29,36H,9-12,15H2,1-8H3,(H,40,45)(H,41,44)(H,37,38,39);1H/t20-,27-,29+;/m0./s1. The molecule has 0 aliphatic carbocycles. The third-order valence-corrected chi connectivity index (χ3v) is 8.90. The van der Waals surface area contributed by atoms with Gasteiger partial charge in [0.1, 0.15) is 30.0 Å². The van der Waals surface area contributed by atoms with Crippen LogP contribution in [0.25, 0.3) is 10.9 Å². The average Bonchev–Trinajstić information content (AvgIpc) is 3.54. The highest BCUT2D eigenvalue weighted by molar-refractivity contribution is 6.33. The third kappa shape index (κ3) is 8.58. The maximum absolute atomic E-state index is 13.9. The first-order chi connectivity index (χ1) is 22.3. The van der Waals surface area contributed by atoms with E-state index in [2.05, 4.69) is 50.0 Å². The molecule has 1 saturated heterocycles. The van der Waals surface area contributed by atoms with Gasteiger partial charge in [0.2, 0.25) is 17.7 Å². The molecule has 3 amide bonds. The lowest BCUT2D eigenvalue weighted by Crippen LogP contribution is -2.59. The summed E-state index contributed by atoms with van der Waals surface area (Å²) in [5, 5.41) is 13.4. The maximum Gasteiger partial charge on any atom is 0.247 e. The Hall–Kier alpha value is -3.87. The van der Waals surface area contributed by atoms with Crippen molar-refractivity contribution in [2.45, 2.75) is 72.5 Å². The first kappa shape index (κ1) is 38.6. The van der Waals surface area contributed by atoms with Crippen molar-refractivity contribution in [2.24, 2.45) is 5.41 Å². The zero-order valence-electron chi connectivity index (χ0n) is 28.9. The van der Waals surface area contributed by atoms with Gasteiger partial charge >= 0.3 is 0 Å². The first-order valence-electron chi connectivity index (χ1n) is 16.1. The van der Waals surface area contributed by atoms with E-state index in [1.807, 2.05) is 39.0 Å². The molecular formula is C34H48Cl2N8O4. The van der Waals surface area contributed by atoms with Gasteiger partial charge in [-0.1, -0.05) is 32.4 Å². The predicted octanol–water partition coefficient (Wildman–Crippen LogP) is 5.37. The lowest BCUT2D eigenvalue weighted by atomic mass is 9.85. The molecule has 4 rings (SSSR count). The molecule has 0 saturated carbocycles. The number of benzene rings is 2. The van der Waals surface area contributed by atoms with Crippen molar-refractivity contribution in [3.8, 4) is 5.75 Å². The summed E-state index contributed by atoms with van der Waals surface area (Å²) >= 11 is 6.64. The number of nitrogens with one attached hydrogen (secondary N) is 4. The smallest absolute Gasteiger partial charge is 0.247 e. The molecule has 4 N–H and O–H groups in total. The summed E-state index contributed by atoms with van der Waals surface area (Å²) in [6.45, 7) is 13.7. The summed E-state index contributed by atoms with van der Waals surface area (Å²) < 4.78 is 5.63. The zero-order valence-corrected chi connectivity index (χ0v) is 30.5. The fourth-order valence-corrected chi connectivity index (χ4v) is 6.02. The molecule has 1 aliphatic heterocycles. The SMILES string of the molecule is CCN(CC)c1ccc(Nc2ncnc3cc(OC)c(NC(=O)[C@@H]4CCCN4C(=O)[C@@H](NC(=O)[C@H](C)NC)C(C)(C)C)cc23)cc1Cl.Cl. The lowest BCUT2D eigenvalue weighted by molar-refractivity contribution is -0.143. The normalized spacial score (nSPS) is 15.7. The van der Waals surface area contributed by atoms with Crippen LogP contribution in [-0.2, 0) is 14.4 Å². The monoisotopic (exact) mass is 702 g/mol. The minimum atomic E-state index is -0.810. The van der Waals surface area contributed by atoms with Crippen molar-refractivity contribution in [1.29, 1.82) is 0 Å². The highest BCUT2D eigenvalue weighted by atomic mass is 35.5. The van der Waals surface area contributed by atoms with Crippen molar-refractivity contribution in [2.75, 3.05) is 49.3 Å². The molecule has 2 aromatic carbocycles. The van der Waals surface area contributed by atoms with Crippen molar-refractivity contribution in [1.82, 2.24) is 25.5 Å². The van der Waals surface area contributed by atoms with Gasteiger partial charge in [-0.2, -0.15) is 0 Å². The molecule has 1 aromatic heterocycles. The van der Waals surface area contributed by atoms with Crippen LogP contribution >= 0.6 is 24.0 Å². The number of halogens is 2. The van der Waals surface area contributed by atoms with Crippen LogP contribution in [0.1, 0.15) is 54.4 Å². The molecule has 14 heteroatoms. The van der Waals surface area contributed by atoms with Crippen LogP contribution in [0.3, 0.4) is 0 Å². The molecule has 3 atom stereocenters. The Morgan fingerprint density at radius 1 is 1.12 bits per heavy atom. The van der Waals surface area contributed by atoms with E-state index < -0.39 is 23.5 Å². The molecule has 1 aliphatic rings. The third-order valence-electron chi connectivity index (χ3n) is 8.59. The minimum Gasteiger partial charge on any atom is -0.494 e. The second-order valence-corrected chi connectivity index (χ2v) is 13.2. The Morgan fingerprint density at radius 3 is 2.44 bits per heavy atom. The Bertz CT molecular complexity index is 1610. The number of likely N-dealkylation sites (N-methyl/N-ethyl adjacent to an activating group) is 1. The van der Waals surface area contributed by atoms with Crippen LogP contribution in [-0.4, -0.2) is 84.5 Å². The Labute approximate surface area is 294 Å². The van der Waals surface area contributed by atoms with Crippen LogP contribution in [0, 0.1) is 5.41 Å². The molecule has 0 unspecified atom stereocenters. The van der Waals surface area contributed by atoms with Crippen LogP contribution < -0.4 is 30.9 Å². The van der Waals surface area contributed by atoms with E-state index in [1.54, 1.807) is 31.0 Å². The van der Waals surface area contributed by atoms with E-state index in [4.69, 9.17) is 16.3 Å². The summed E-state index contributed by atoms with van der Waals surface area (Å²) in [4.78, 5) is 53.1. The summed E-state index contributed by atoms with van der Waals surface area (Å²) in [7, 11) is 3.20. The molecule has 262 valence electrons. The summed E-state index contributed by atoms with van der Waals surface area (Å²) in [6, 6.07) is 7.27. The van der Waals surface area contributed by atoms with Gasteiger partial charge < -0.3 is 35.8 Å². The summed E-state index contributed by atoms with van der Waals surface area (Å²) in [6.07, 6.45) is 2.61. The number of nitrogens with zero attached hydrogens (tertiary/aromatic N) is 4. The second-order valence-electron chi connectivity index (χ2n) is 12.8. The highest BCUT2D eigenvalue weighted by Crippen LogP contribution is 2.35. The van der Waals surface area contributed by atoms with E-state index in [0.717, 1.165) is 24.5 Å². The molecule has 48 heavy (non-hydrogen) atoms. The minimum absolute atomic E-state index is 0. The van der Waals surface area contributed by atoms with Crippen LogP contribution in [0.15, 0.2) is 36.7 Å². The first-order valence-corrected chi connectivity index (χ1v) is 16.4. The molecule has 0 bridgehead atoms. The van der Waals surface area contributed by atoms with E-state index in [9.17, 15) is 14.4 Å². The number of methoxy groups -OCH3 is 1. The van der Waals surface area contributed by atoms with Gasteiger partial charge in [-0.3, -0.25) is 14.4 Å². The molecule has 12 nitrogen and oxygen atoms in total. The highest BCUT2D eigenvalue weighted by Gasteiger charge is 2.42. The molecule has 0 spiro atoms. The number of likely N-dealkylation sites (tertiary alicyclic amines) is 1. The van der Waals surface area contributed by atoms with Gasteiger partial charge in [-0.05, 0) is 70.3 Å². The largest absolute Gasteiger partial charge is 0.494 e. The van der Waals surface area contributed by atoms with E-state index in [-0.39, 0.29) is 30.1 Å². The van der Waals surface area contributed by atoms with Crippen LogP contribution in [0.2, 0.25) is 5.02 Å². The number of rotatable bonds is 12. The number of amides is 3. The predicted molar refractivity (Wildman–Crippen MR) is 195 cm³/mol. The van der Waals surface area contributed by atoms with Crippen molar-refractivity contribution in [3.05, 3.63) is 41.7 Å². The van der Waals surface area contributed by atoms with Gasteiger partial charge in [0.05, 0.1) is 35.1 Å². The molecule has 3 aromatic rings. The van der Waals surface area contributed by atoms with Gasteiger partial charge in [0.25, 0.3) is 0 Å². The van der Waals surface area contributed by atoms with Gasteiger partial charge in [0, 0.05) is 36.8 Å². The average molecular weight is 704 g/mol. The maximum atomic E-state index is 13.9. The molecule has 1 fully saturated rings. The number of fused-ring (bicyclic) bond motifs is 1. The van der Waals surface area contributed by atoms with Crippen LogP contribution in [0.5, 0.6) is 5.75 Å². The Kier molecular flexibility index (Phi) is 13.3. The van der Waals surface area contributed by atoms with E-state index in [1.165, 1.54) is 13.4 Å². The van der Waals surface area contributed by atoms with Crippen LogP contribution in [0.4, 0.5) is 22.9 Å². The quantitative estimate of drug-likeness (QED) is 0.196. The van der Waals surface area contributed by atoms with Crippen molar-refractivity contribution in [3.63, 3.8) is 0 Å². The number of hydrogen-bond acceptors (Lipinski definition) is 9. The number of ether oxygens (including phenoxy) is 1. The lowest BCUT2D eigenvalue weighted by Gasteiger charge is -2.36. The number of aromatic nitrogens is 2. The molecule has 0 radical (unpaired) electrons. The summed E-state index contributed by atoms with van der Waals surface area (Å²) in [5.41, 5.74) is 2.15. The zero-order chi connectivity index (χ0) is 34.5. The Balaban J connectivity index is 0.00000625. The summed E-state index contributed by atoms with van der Waals surface area (Å²) in [5.74, 6) is 0.0237. The van der Waals surface area contributed by atoms with Gasteiger partial charge in [-0.15, -0.1) is 12.4 Å².